The van der Waals surface area contributed by atoms with Crippen molar-refractivity contribution in [2.45, 2.75) is 13.5 Å². The highest BCUT2D eigenvalue weighted by atomic mass is 79.9. The van der Waals surface area contributed by atoms with Crippen molar-refractivity contribution >= 4 is 48.3 Å². The van der Waals surface area contributed by atoms with Gasteiger partial charge in [-0.25, -0.2) is 4.98 Å². The molecule has 0 unspecified atom stereocenters. The van der Waals surface area contributed by atoms with E-state index < -0.39 is 0 Å². The largest absolute Gasteiger partial charge is 0.496 e. The van der Waals surface area contributed by atoms with Crippen molar-refractivity contribution in [3.63, 3.8) is 0 Å². The summed E-state index contributed by atoms with van der Waals surface area (Å²) in [5.41, 5.74) is 0. The Morgan fingerprint density at radius 1 is 1.25 bits per heavy atom. The topological polar surface area (TPSA) is 43.4 Å². The first kappa shape index (κ1) is 15.6. The third kappa shape index (κ3) is 3.86. The standard InChI is InChI=1S/C13H14Br2N2O2S/c1-3-16-13-17-6-8(20-13)7-19-12-5-9(14)11(18-2)4-10(12)15/h4-6H,3,7H2,1-2H3,(H,16,17). The summed E-state index contributed by atoms with van der Waals surface area (Å²) >= 11 is 8.52. The van der Waals surface area contributed by atoms with Crippen LogP contribution in [0, 0.1) is 0 Å². The maximum absolute atomic E-state index is 5.80. The molecule has 108 valence electrons. The van der Waals surface area contributed by atoms with E-state index in [1.54, 1.807) is 18.4 Å². The number of halogens is 2. The van der Waals surface area contributed by atoms with Crippen molar-refractivity contribution < 1.29 is 9.47 Å². The van der Waals surface area contributed by atoms with E-state index >= 15 is 0 Å². The molecule has 0 atom stereocenters. The summed E-state index contributed by atoms with van der Waals surface area (Å²) in [5.74, 6) is 1.52. The average molecular weight is 422 g/mol. The summed E-state index contributed by atoms with van der Waals surface area (Å²) in [6, 6.07) is 3.76. The molecule has 0 aliphatic heterocycles. The zero-order valence-electron chi connectivity index (χ0n) is 11.1. The van der Waals surface area contributed by atoms with Crippen molar-refractivity contribution in [1.29, 1.82) is 0 Å². The number of nitrogens with one attached hydrogen (secondary N) is 1. The molecule has 4 nitrogen and oxygen atoms in total. The van der Waals surface area contributed by atoms with Crippen LogP contribution in [-0.4, -0.2) is 18.6 Å². The van der Waals surface area contributed by atoms with Gasteiger partial charge >= 0.3 is 0 Å². The molecular weight excluding hydrogens is 408 g/mol. The molecule has 0 fully saturated rings. The highest BCUT2D eigenvalue weighted by molar-refractivity contribution is 9.11. The first-order valence-corrected chi connectivity index (χ1v) is 8.38. The van der Waals surface area contributed by atoms with Crippen molar-refractivity contribution in [2.24, 2.45) is 0 Å². The fourth-order valence-corrected chi connectivity index (χ4v) is 3.25. The van der Waals surface area contributed by atoms with Gasteiger partial charge in [-0.3, -0.25) is 0 Å². The van der Waals surface area contributed by atoms with E-state index in [1.807, 2.05) is 25.3 Å². The molecule has 0 radical (unpaired) electrons. The lowest BCUT2D eigenvalue weighted by Crippen LogP contribution is -1.95. The van der Waals surface area contributed by atoms with Crippen LogP contribution in [0.2, 0.25) is 0 Å². The highest BCUT2D eigenvalue weighted by Crippen LogP contribution is 2.36. The van der Waals surface area contributed by atoms with Gasteiger partial charge in [0.25, 0.3) is 0 Å². The Hall–Kier alpha value is -0.790. The monoisotopic (exact) mass is 420 g/mol. The summed E-state index contributed by atoms with van der Waals surface area (Å²) in [6.07, 6.45) is 1.83. The Kier molecular flexibility index (Phi) is 5.68. The van der Waals surface area contributed by atoms with Gasteiger partial charge in [0.1, 0.15) is 18.1 Å². The molecular formula is C13H14Br2N2O2S. The summed E-state index contributed by atoms with van der Waals surface area (Å²) < 4.78 is 12.7. The number of anilines is 1. The van der Waals surface area contributed by atoms with Gasteiger partial charge in [0.15, 0.2) is 5.13 Å². The second-order valence-electron chi connectivity index (χ2n) is 3.87. The van der Waals surface area contributed by atoms with Crippen LogP contribution in [-0.2, 0) is 6.61 Å². The van der Waals surface area contributed by atoms with Crippen LogP contribution >= 0.6 is 43.2 Å². The summed E-state index contributed by atoms with van der Waals surface area (Å²) in [6.45, 7) is 3.40. The quantitative estimate of drug-likeness (QED) is 0.734. The molecule has 1 N–H and O–H groups in total. The number of benzene rings is 1. The third-order valence-electron chi connectivity index (χ3n) is 2.46. The Labute approximate surface area is 138 Å². The van der Waals surface area contributed by atoms with Gasteiger partial charge in [0.05, 0.1) is 20.9 Å². The normalized spacial score (nSPS) is 10.4. The Morgan fingerprint density at radius 2 is 1.95 bits per heavy atom. The molecule has 0 saturated heterocycles. The van der Waals surface area contributed by atoms with Crippen molar-refractivity contribution in [1.82, 2.24) is 4.98 Å². The van der Waals surface area contributed by atoms with Gasteiger partial charge in [-0.15, -0.1) is 0 Å². The Morgan fingerprint density at radius 3 is 2.65 bits per heavy atom. The lowest BCUT2D eigenvalue weighted by Gasteiger charge is -2.10. The number of hydrogen-bond acceptors (Lipinski definition) is 5. The molecule has 2 aromatic rings. The van der Waals surface area contributed by atoms with E-state index in [9.17, 15) is 0 Å². The van der Waals surface area contributed by atoms with E-state index in [1.165, 1.54) is 0 Å². The molecule has 0 aliphatic rings. The SMILES string of the molecule is CCNc1ncc(COc2cc(Br)c(OC)cc2Br)s1. The molecule has 2 rings (SSSR count). The molecule has 1 aromatic carbocycles. The van der Waals surface area contributed by atoms with Crippen LogP contribution in [0.5, 0.6) is 11.5 Å². The van der Waals surface area contributed by atoms with Crippen LogP contribution in [0.25, 0.3) is 0 Å². The fourth-order valence-electron chi connectivity index (χ4n) is 1.53. The van der Waals surface area contributed by atoms with Gasteiger partial charge in [0, 0.05) is 12.7 Å². The lowest BCUT2D eigenvalue weighted by atomic mass is 10.3. The first-order chi connectivity index (χ1) is 9.63. The van der Waals surface area contributed by atoms with Crippen LogP contribution in [0.1, 0.15) is 11.8 Å². The molecule has 0 aliphatic carbocycles. The van der Waals surface area contributed by atoms with Gasteiger partial charge in [-0.1, -0.05) is 11.3 Å². The number of rotatable bonds is 6. The minimum absolute atomic E-state index is 0.487. The predicted octanol–water partition coefficient (Wildman–Crippen LogP) is 4.69. The van der Waals surface area contributed by atoms with Crippen molar-refractivity contribution in [3.8, 4) is 11.5 Å². The van der Waals surface area contributed by atoms with Crippen LogP contribution in [0.4, 0.5) is 5.13 Å². The zero-order valence-corrected chi connectivity index (χ0v) is 15.1. The second-order valence-corrected chi connectivity index (χ2v) is 6.69. The van der Waals surface area contributed by atoms with Crippen LogP contribution in [0.15, 0.2) is 27.3 Å². The molecule has 0 bridgehead atoms. The van der Waals surface area contributed by atoms with Crippen LogP contribution in [0.3, 0.4) is 0 Å². The highest BCUT2D eigenvalue weighted by Gasteiger charge is 2.09. The van der Waals surface area contributed by atoms with E-state index in [0.717, 1.165) is 37.0 Å². The first-order valence-electron chi connectivity index (χ1n) is 5.98. The minimum atomic E-state index is 0.487. The molecule has 1 aromatic heterocycles. The lowest BCUT2D eigenvalue weighted by molar-refractivity contribution is 0.306. The average Bonchev–Trinajstić information content (AvgIpc) is 2.87. The number of nitrogens with zero attached hydrogens (tertiary/aromatic N) is 1. The molecule has 0 saturated carbocycles. The van der Waals surface area contributed by atoms with Crippen LogP contribution < -0.4 is 14.8 Å². The second kappa shape index (κ2) is 7.28. The predicted molar refractivity (Wildman–Crippen MR) is 89.0 cm³/mol. The van der Waals surface area contributed by atoms with E-state index in [-0.39, 0.29) is 0 Å². The van der Waals surface area contributed by atoms with Crippen molar-refractivity contribution in [2.75, 3.05) is 19.0 Å². The summed E-state index contributed by atoms with van der Waals surface area (Å²) in [7, 11) is 1.63. The third-order valence-corrected chi connectivity index (χ3v) is 4.63. The zero-order chi connectivity index (χ0) is 14.5. The van der Waals surface area contributed by atoms with E-state index in [2.05, 4.69) is 42.2 Å². The smallest absolute Gasteiger partial charge is 0.182 e. The maximum atomic E-state index is 5.80. The minimum Gasteiger partial charge on any atom is -0.496 e. The number of ether oxygens (including phenoxy) is 2. The summed E-state index contributed by atoms with van der Waals surface area (Å²) in [4.78, 5) is 5.34. The molecule has 7 heteroatoms. The Bertz CT molecular complexity index is 590. The molecule has 20 heavy (non-hydrogen) atoms. The van der Waals surface area contributed by atoms with E-state index in [0.29, 0.717) is 6.61 Å². The number of thiazole rings is 1. The molecule has 0 spiro atoms. The van der Waals surface area contributed by atoms with Gasteiger partial charge in [-0.05, 0) is 50.9 Å². The number of hydrogen-bond donors (Lipinski definition) is 1. The number of methoxy groups -OCH3 is 1. The van der Waals surface area contributed by atoms with Gasteiger partial charge in [0.2, 0.25) is 0 Å². The van der Waals surface area contributed by atoms with Gasteiger partial charge < -0.3 is 14.8 Å². The summed E-state index contributed by atoms with van der Waals surface area (Å²) in [5, 5.41) is 4.10. The molecule has 1 heterocycles. The van der Waals surface area contributed by atoms with Crippen molar-refractivity contribution in [3.05, 3.63) is 32.2 Å². The fraction of sp³-hybridized carbons (Fsp3) is 0.308. The molecule has 0 amide bonds. The number of aromatic nitrogens is 1. The van der Waals surface area contributed by atoms with Gasteiger partial charge in [-0.2, -0.15) is 0 Å². The van der Waals surface area contributed by atoms with E-state index in [4.69, 9.17) is 9.47 Å². The maximum Gasteiger partial charge on any atom is 0.182 e. The Balaban J connectivity index is 2.04.